The first-order valence-electron chi connectivity index (χ1n) is 8.52. The number of aromatic nitrogens is 2. The normalized spacial score (nSPS) is 14.9. The van der Waals surface area contributed by atoms with Gasteiger partial charge in [-0.2, -0.15) is 4.98 Å². The van der Waals surface area contributed by atoms with E-state index in [1.807, 2.05) is 6.92 Å². The summed E-state index contributed by atoms with van der Waals surface area (Å²) in [6.07, 6.45) is 0.546. The molecule has 1 fully saturated rings. The van der Waals surface area contributed by atoms with E-state index in [4.69, 9.17) is 9.47 Å². The van der Waals surface area contributed by atoms with Gasteiger partial charge in [0.05, 0.1) is 25.2 Å². The number of fused-ring (bicyclic) bond motifs is 1. The maximum absolute atomic E-state index is 14.6. The molecule has 0 radical (unpaired) electrons. The topological polar surface area (TPSA) is 93.6 Å². The van der Waals surface area contributed by atoms with Crippen molar-refractivity contribution in [1.29, 1.82) is 0 Å². The van der Waals surface area contributed by atoms with Crippen molar-refractivity contribution in [2.75, 3.05) is 25.1 Å². The molecule has 140 valence electrons. The fourth-order valence-corrected chi connectivity index (χ4v) is 2.54. The number of halogens is 1. The van der Waals surface area contributed by atoms with Crippen LogP contribution in [0.15, 0.2) is 12.1 Å². The van der Waals surface area contributed by atoms with Gasteiger partial charge >= 0.3 is 5.97 Å². The number of carboxylic acid groups (broad SMARTS) is 1. The van der Waals surface area contributed by atoms with Crippen LogP contribution in [0.2, 0.25) is 0 Å². The van der Waals surface area contributed by atoms with Crippen molar-refractivity contribution in [2.45, 2.75) is 32.7 Å². The molecule has 1 aliphatic rings. The molecule has 1 aromatic carbocycles. The van der Waals surface area contributed by atoms with E-state index in [-0.39, 0.29) is 5.52 Å². The lowest BCUT2D eigenvalue weighted by atomic mass is 10.1. The Morgan fingerprint density at radius 1 is 1.42 bits per heavy atom. The third kappa shape index (κ3) is 3.70. The Bertz CT molecular complexity index is 837. The summed E-state index contributed by atoms with van der Waals surface area (Å²) in [5.74, 6) is -0.517. The third-order valence-electron chi connectivity index (χ3n) is 4.24. The van der Waals surface area contributed by atoms with Gasteiger partial charge in [0.15, 0.2) is 5.82 Å². The Kier molecular flexibility index (Phi) is 4.95. The smallest absolute Gasteiger partial charge is 0.328 e. The monoisotopic (exact) mass is 363 g/mol. The van der Waals surface area contributed by atoms with Crippen LogP contribution in [0.4, 0.5) is 10.1 Å². The van der Waals surface area contributed by atoms with E-state index in [1.54, 1.807) is 6.07 Å². The van der Waals surface area contributed by atoms with E-state index in [9.17, 15) is 14.3 Å². The molecule has 0 atom stereocenters. The molecule has 2 N–H and O–H groups in total. The van der Waals surface area contributed by atoms with Gasteiger partial charge in [-0.3, -0.25) is 0 Å². The molecular weight excluding hydrogens is 341 g/mol. The summed E-state index contributed by atoms with van der Waals surface area (Å²) in [5.41, 5.74) is -0.767. The zero-order chi connectivity index (χ0) is 18.9. The second-order valence-corrected chi connectivity index (χ2v) is 6.92. The minimum Gasteiger partial charge on any atom is -0.480 e. The zero-order valence-electron chi connectivity index (χ0n) is 15.0. The van der Waals surface area contributed by atoms with E-state index in [0.717, 1.165) is 0 Å². The molecule has 0 aliphatic carbocycles. The summed E-state index contributed by atoms with van der Waals surface area (Å²) >= 11 is 0. The van der Waals surface area contributed by atoms with E-state index in [0.29, 0.717) is 54.9 Å². The van der Waals surface area contributed by atoms with Crippen LogP contribution in [-0.2, 0) is 16.0 Å². The molecule has 26 heavy (non-hydrogen) atoms. The number of carbonyl (C=O) groups is 1. The molecule has 1 aliphatic heterocycles. The number of aryl methyl sites for hydroxylation is 1. The van der Waals surface area contributed by atoms with Crippen LogP contribution in [0.5, 0.6) is 5.88 Å². The molecular formula is C18H22FN3O4. The second kappa shape index (κ2) is 7.03. The summed E-state index contributed by atoms with van der Waals surface area (Å²) in [7, 11) is 0. The summed E-state index contributed by atoms with van der Waals surface area (Å²) in [4.78, 5) is 20.0. The van der Waals surface area contributed by atoms with Crippen LogP contribution in [0.3, 0.4) is 0 Å². The van der Waals surface area contributed by atoms with Crippen LogP contribution in [0, 0.1) is 11.7 Å². The molecule has 7 nitrogen and oxygen atoms in total. The highest BCUT2D eigenvalue weighted by Gasteiger charge is 2.27. The number of hydrogen-bond acceptors (Lipinski definition) is 6. The predicted octanol–water partition coefficient (Wildman–Crippen LogP) is 2.63. The molecule has 2 aromatic rings. The van der Waals surface area contributed by atoms with Gasteiger partial charge in [0.25, 0.3) is 0 Å². The summed E-state index contributed by atoms with van der Waals surface area (Å²) < 4.78 is 25.6. The average molecular weight is 363 g/mol. The van der Waals surface area contributed by atoms with Crippen LogP contribution in [-0.4, -0.2) is 46.4 Å². The van der Waals surface area contributed by atoms with Gasteiger partial charge in [-0.05, 0) is 26.0 Å². The number of rotatable bonds is 7. The zero-order valence-corrected chi connectivity index (χ0v) is 15.0. The number of aliphatic carboxylic acids is 1. The van der Waals surface area contributed by atoms with Crippen molar-refractivity contribution >= 4 is 22.6 Å². The Morgan fingerprint density at radius 3 is 2.73 bits per heavy atom. The lowest BCUT2D eigenvalue weighted by Gasteiger charge is -2.26. The molecule has 0 bridgehead atoms. The second-order valence-electron chi connectivity index (χ2n) is 6.92. The molecule has 0 spiro atoms. The molecule has 2 heterocycles. The number of benzene rings is 1. The van der Waals surface area contributed by atoms with Crippen LogP contribution in [0.25, 0.3) is 10.9 Å². The van der Waals surface area contributed by atoms with Crippen molar-refractivity contribution in [1.82, 2.24) is 9.97 Å². The quantitative estimate of drug-likeness (QED) is 0.781. The minimum absolute atomic E-state index is 0.162. The number of hydrogen-bond donors (Lipinski definition) is 2. The average Bonchev–Trinajstić information content (AvgIpc) is 2.53. The van der Waals surface area contributed by atoms with E-state index in [2.05, 4.69) is 15.3 Å². The molecule has 0 unspecified atom stereocenters. The molecule has 1 aromatic heterocycles. The highest BCUT2D eigenvalue weighted by molar-refractivity contribution is 5.89. The van der Waals surface area contributed by atoms with Gasteiger partial charge in [-0.25, -0.2) is 14.2 Å². The Balaban J connectivity index is 2.00. The van der Waals surface area contributed by atoms with Gasteiger partial charge in [0.1, 0.15) is 16.9 Å². The molecule has 8 heteroatoms. The molecule has 0 amide bonds. The molecule has 3 rings (SSSR count). The highest BCUT2D eigenvalue weighted by Crippen LogP contribution is 2.30. The van der Waals surface area contributed by atoms with Crippen molar-refractivity contribution < 1.29 is 23.8 Å². The van der Waals surface area contributed by atoms with Gasteiger partial charge in [0.2, 0.25) is 5.88 Å². The maximum Gasteiger partial charge on any atom is 0.328 e. The standard InChI is InChI=1S/C18H22FN3O4/c1-4-14-20-15-12(16(21-14)26-9-10-7-25-8-10)5-11(6-13(15)19)22-18(2,3)17(23)24/h5-6,10,22H,4,7-9H2,1-3H3,(H,23,24). The fraction of sp³-hybridized carbons (Fsp3) is 0.500. The van der Waals surface area contributed by atoms with Gasteiger partial charge in [0, 0.05) is 18.0 Å². The first kappa shape index (κ1) is 18.3. The van der Waals surface area contributed by atoms with Crippen molar-refractivity contribution in [3.8, 4) is 5.88 Å². The van der Waals surface area contributed by atoms with Crippen molar-refractivity contribution in [3.05, 3.63) is 23.8 Å². The summed E-state index contributed by atoms with van der Waals surface area (Å²) in [5, 5.41) is 12.5. The Labute approximate surface area is 150 Å². The molecule has 0 saturated carbocycles. The largest absolute Gasteiger partial charge is 0.480 e. The van der Waals surface area contributed by atoms with Crippen LogP contribution in [0.1, 0.15) is 26.6 Å². The van der Waals surface area contributed by atoms with Crippen LogP contribution >= 0.6 is 0 Å². The number of nitrogens with zero attached hydrogens (tertiary/aromatic N) is 2. The van der Waals surface area contributed by atoms with Gasteiger partial charge < -0.3 is 19.9 Å². The fourth-order valence-electron chi connectivity index (χ4n) is 2.54. The lowest BCUT2D eigenvalue weighted by molar-refractivity contribution is -0.141. The van der Waals surface area contributed by atoms with E-state index >= 15 is 0 Å². The summed E-state index contributed by atoms with van der Waals surface area (Å²) in [6.45, 7) is 6.59. The minimum atomic E-state index is -1.26. The third-order valence-corrected chi connectivity index (χ3v) is 4.24. The molecule has 1 saturated heterocycles. The Morgan fingerprint density at radius 2 is 2.15 bits per heavy atom. The summed E-state index contributed by atoms with van der Waals surface area (Å²) in [6, 6.07) is 2.86. The van der Waals surface area contributed by atoms with E-state index in [1.165, 1.54) is 19.9 Å². The van der Waals surface area contributed by atoms with Crippen LogP contribution < -0.4 is 10.1 Å². The highest BCUT2D eigenvalue weighted by atomic mass is 19.1. The first-order valence-corrected chi connectivity index (χ1v) is 8.52. The number of nitrogens with one attached hydrogen (secondary N) is 1. The first-order chi connectivity index (χ1) is 12.3. The number of anilines is 1. The van der Waals surface area contributed by atoms with Gasteiger partial charge in [-0.1, -0.05) is 6.92 Å². The lowest BCUT2D eigenvalue weighted by Crippen LogP contribution is -2.39. The van der Waals surface area contributed by atoms with Crippen molar-refractivity contribution in [2.24, 2.45) is 5.92 Å². The number of carboxylic acids is 1. The van der Waals surface area contributed by atoms with E-state index < -0.39 is 17.3 Å². The number of ether oxygens (including phenoxy) is 2. The SMILES string of the molecule is CCc1nc(OCC2COC2)c2cc(NC(C)(C)C(=O)O)cc(F)c2n1. The predicted molar refractivity (Wildman–Crippen MR) is 94.0 cm³/mol. The van der Waals surface area contributed by atoms with Crippen molar-refractivity contribution in [3.63, 3.8) is 0 Å². The maximum atomic E-state index is 14.6. The van der Waals surface area contributed by atoms with Gasteiger partial charge in [-0.15, -0.1) is 0 Å². The Hall–Kier alpha value is -2.48.